The van der Waals surface area contributed by atoms with Gasteiger partial charge < -0.3 is 25.8 Å². The zero-order chi connectivity index (χ0) is 32.5. The zero-order valence-corrected chi connectivity index (χ0v) is 25.9. The Kier molecular flexibility index (Phi) is 10.7. The van der Waals surface area contributed by atoms with Gasteiger partial charge in [0, 0.05) is 49.6 Å². The van der Waals surface area contributed by atoms with Gasteiger partial charge in [-0.3, -0.25) is 4.79 Å². The molecule has 0 bridgehead atoms. The number of nitrogens with one attached hydrogen (secondary N) is 2. The topological polar surface area (TPSA) is 159 Å². The molecule has 0 saturated carbocycles. The molecule has 5 rings (SSSR count). The molecule has 2 amide bonds. The van der Waals surface area contributed by atoms with E-state index in [0.717, 1.165) is 11.1 Å². The minimum absolute atomic E-state index is 0.0143. The minimum atomic E-state index is -1.52. The van der Waals surface area contributed by atoms with Gasteiger partial charge in [-0.25, -0.2) is 9.18 Å². The molecule has 4 aromatic rings. The molecule has 12 heteroatoms. The number of nitrogens with zero attached hydrogens (tertiary/aromatic N) is 4. The number of nitrogens with two attached hydrogens (primary N) is 1. The monoisotopic (exact) mass is 629 g/mol. The normalized spacial score (nSPS) is 16.2. The highest BCUT2D eigenvalue weighted by molar-refractivity contribution is 5.94. The predicted octanol–water partition coefficient (Wildman–Crippen LogP) is 4.26. The number of carbonyl (C=O) groups excluding carboxylic acids is 2. The molecular formula is C34H40FN7O4. The van der Waals surface area contributed by atoms with Gasteiger partial charge >= 0.3 is 6.09 Å². The van der Waals surface area contributed by atoms with Gasteiger partial charge in [0.2, 0.25) is 0 Å². The third-order valence-corrected chi connectivity index (χ3v) is 8.56. The number of halogens is 1. The Hall–Kier alpha value is -4.68. The van der Waals surface area contributed by atoms with Crippen molar-refractivity contribution in [2.75, 3.05) is 26.2 Å². The highest BCUT2D eigenvalue weighted by atomic mass is 19.1. The van der Waals surface area contributed by atoms with Crippen LogP contribution in [0.3, 0.4) is 0 Å². The molecule has 242 valence electrons. The second-order valence-corrected chi connectivity index (χ2v) is 11.8. The molecule has 3 aromatic carbocycles. The number of likely N-dealkylation sites (tertiary alicyclic amines) is 1. The molecule has 1 aliphatic heterocycles. The number of aromatic nitrogens is 4. The number of benzene rings is 3. The SMILES string of the molecule is Cc1cccc(-c2c(F)cccc2[C@](O)(CCCOC(N)=O)[C@@H]2CCCN(C(=O)c3ccc(CNCCc4nn[nH]n4)cc3)C2)c1. The van der Waals surface area contributed by atoms with Gasteiger partial charge in [-0.1, -0.05) is 59.3 Å². The van der Waals surface area contributed by atoms with E-state index >= 15 is 4.39 Å². The van der Waals surface area contributed by atoms with Gasteiger partial charge in [0.15, 0.2) is 5.82 Å². The lowest BCUT2D eigenvalue weighted by molar-refractivity contribution is -0.0589. The Morgan fingerprint density at radius 2 is 1.98 bits per heavy atom. The summed E-state index contributed by atoms with van der Waals surface area (Å²) < 4.78 is 20.6. The lowest BCUT2D eigenvalue weighted by Crippen LogP contribution is -2.48. The molecule has 0 spiro atoms. The lowest BCUT2D eigenvalue weighted by Gasteiger charge is -2.43. The summed E-state index contributed by atoms with van der Waals surface area (Å²) in [6, 6.07) is 19.7. The van der Waals surface area contributed by atoms with Crippen LogP contribution in [-0.4, -0.2) is 68.9 Å². The number of aliphatic hydroxyl groups is 1. The first kappa shape index (κ1) is 32.7. The summed E-state index contributed by atoms with van der Waals surface area (Å²) in [4.78, 5) is 26.7. The number of rotatable bonds is 13. The Morgan fingerprint density at radius 3 is 2.72 bits per heavy atom. The summed E-state index contributed by atoms with van der Waals surface area (Å²) in [5.41, 5.74) is 7.64. The number of hydrogen-bond acceptors (Lipinski definition) is 8. The largest absolute Gasteiger partial charge is 0.450 e. The molecule has 11 nitrogen and oxygen atoms in total. The number of aromatic amines is 1. The number of ether oxygens (including phenoxy) is 1. The van der Waals surface area contributed by atoms with E-state index in [1.165, 1.54) is 6.07 Å². The standard InChI is InChI=1S/C34H40FN7O4/c1-23-6-2-7-26(20-23)31-28(9-3-10-29(31)35)34(45,16-5-19-46-33(36)44)27-8-4-18-42(22-27)32(43)25-13-11-24(12-14-25)21-37-17-15-30-38-40-41-39-30/h2-3,6-7,9-14,20,27,37,45H,4-5,8,15-19,21-22H2,1H3,(H2,36,44)(H,38,39,40,41)/t27-,34+/m1/s1. The van der Waals surface area contributed by atoms with E-state index in [-0.39, 0.29) is 25.5 Å². The van der Waals surface area contributed by atoms with Crippen LogP contribution < -0.4 is 11.1 Å². The number of piperidine rings is 1. The molecule has 2 heterocycles. The summed E-state index contributed by atoms with van der Waals surface area (Å²) in [6.07, 6.45) is 1.55. The van der Waals surface area contributed by atoms with Gasteiger partial charge in [0.05, 0.1) is 12.2 Å². The van der Waals surface area contributed by atoms with Crippen LogP contribution in [0.5, 0.6) is 0 Å². The van der Waals surface area contributed by atoms with Crippen LogP contribution >= 0.6 is 0 Å². The van der Waals surface area contributed by atoms with Crippen LogP contribution in [0.1, 0.15) is 58.6 Å². The van der Waals surface area contributed by atoms with Crippen molar-refractivity contribution in [1.82, 2.24) is 30.8 Å². The van der Waals surface area contributed by atoms with E-state index in [9.17, 15) is 14.7 Å². The summed E-state index contributed by atoms with van der Waals surface area (Å²) in [5, 5.41) is 29.8. The molecular weight excluding hydrogens is 589 g/mol. The number of H-pyrrole nitrogens is 1. The van der Waals surface area contributed by atoms with Crippen LogP contribution in [0.15, 0.2) is 66.7 Å². The fourth-order valence-electron chi connectivity index (χ4n) is 6.27. The average molecular weight is 630 g/mol. The molecule has 0 radical (unpaired) electrons. The smallest absolute Gasteiger partial charge is 0.404 e. The van der Waals surface area contributed by atoms with E-state index in [1.54, 1.807) is 17.0 Å². The first-order chi connectivity index (χ1) is 22.2. The predicted molar refractivity (Wildman–Crippen MR) is 170 cm³/mol. The van der Waals surface area contributed by atoms with Crippen molar-refractivity contribution in [1.29, 1.82) is 0 Å². The maximum Gasteiger partial charge on any atom is 0.404 e. The molecule has 2 atom stereocenters. The molecule has 0 aliphatic carbocycles. The van der Waals surface area contributed by atoms with Gasteiger partial charge in [-0.15, -0.1) is 10.2 Å². The van der Waals surface area contributed by atoms with Crippen LogP contribution in [0.4, 0.5) is 9.18 Å². The third-order valence-electron chi connectivity index (χ3n) is 8.56. The van der Waals surface area contributed by atoms with Crippen LogP contribution in [0.25, 0.3) is 11.1 Å². The first-order valence-corrected chi connectivity index (χ1v) is 15.6. The zero-order valence-electron chi connectivity index (χ0n) is 25.9. The maximum absolute atomic E-state index is 15.6. The molecule has 1 aromatic heterocycles. The molecule has 5 N–H and O–H groups in total. The van der Waals surface area contributed by atoms with Crippen LogP contribution in [0, 0.1) is 18.7 Å². The van der Waals surface area contributed by atoms with E-state index in [1.807, 2.05) is 55.5 Å². The highest BCUT2D eigenvalue weighted by Crippen LogP contribution is 2.44. The molecule has 46 heavy (non-hydrogen) atoms. The van der Waals surface area contributed by atoms with Gasteiger partial charge in [0.1, 0.15) is 5.82 Å². The number of amides is 2. The summed E-state index contributed by atoms with van der Waals surface area (Å²) in [7, 11) is 0. The highest BCUT2D eigenvalue weighted by Gasteiger charge is 2.43. The molecule has 1 aliphatic rings. The van der Waals surface area contributed by atoms with Crippen LogP contribution in [0.2, 0.25) is 0 Å². The Balaban J connectivity index is 1.34. The van der Waals surface area contributed by atoms with E-state index in [2.05, 4.69) is 25.9 Å². The van der Waals surface area contributed by atoms with Crippen molar-refractivity contribution in [2.45, 2.75) is 51.2 Å². The van der Waals surface area contributed by atoms with E-state index < -0.39 is 23.4 Å². The summed E-state index contributed by atoms with van der Waals surface area (Å²) in [5.74, 6) is -0.323. The fraction of sp³-hybridized carbons (Fsp3) is 0.382. The molecule has 1 saturated heterocycles. The number of hydrogen-bond donors (Lipinski definition) is 4. The van der Waals surface area contributed by atoms with Crippen molar-refractivity contribution < 1.29 is 23.8 Å². The van der Waals surface area contributed by atoms with Crippen molar-refractivity contribution in [2.24, 2.45) is 11.7 Å². The minimum Gasteiger partial charge on any atom is -0.450 e. The number of aryl methyl sites for hydroxylation is 1. The molecule has 0 unspecified atom stereocenters. The van der Waals surface area contributed by atoms with Crippen molar-refractivity contribution in [3.8, 4) is 11.1 Å². The number of primary amides is 1. The Bertz CT molecular complexity index is 1620. The maximum atomic E-state index is 15.6. The molecule has 1 fully saturated rings. The lowest BCUT2D eigenvalue weighted by atomic mass is 9.72. The summed E-state index contributed by atoms with van der Waals surface area (Å²) in [6.45, 7) is 4.09. The van der Waals surface area contributed by atoms with E-state index in [4.69, 9.17) is 10.5 Å². The summed E-state index contributed by atoms with van der Waals surface area (Å²) >= 11 is 0. The van der Waals surface area contributed by atoms with Gasteiger partial charge in [-0.2, -0.15) is 5.21 Å². The number of tetrazole rings is 1. The Labute approximate surface area is 267 Å². The quantitative estimate of drug-likeness (QED) is 0.160. The van der Waals surface area contributed by atoms with Gasteiger partial charge in [0.25, 0.3) is 5.91 Å². The fourth-order valence-corrected chi connectivity index (χ4v) is 6.27. The van der Waals surface area contributed by atoms with Crippen LogP contribution in [-0.2, 0) is 23.3 Å². The third kappa shape index (κ3) is 7.93. The average Bonchev–Trinajstić information content (AvgIpc) is 3.58. The van der Waals surface area contributed by atoms with E-state index in [0.29, 0.717) is 73.4 Å². The first-order valence-electron chi connectivity index (χ1n) is 15.6. The second-order valence-electron chi connectivity index (χ2n) is 11.8. The van der Waals surface area contributed by atoms with Crippen molar-refractivity contribution >= 4 is 12.0 Å². The van der Waals surface area contributed by atoms with Crippen molar-refractivity contribution in [3.05, 3.63) is 101 Å². The second kappa shape index (κ2) is 15.1. The number of carbonyl (C=O) groups is 2. The Morgan fingerprint density at radius 1 is 1.17 bits per heavy atom. The van der Waals surface area contributed by atoms with Gasteiger partial charge in [-0.05, 0) is 67.5 Å². The van der Waals surface area contributed by atoms with Crippen molar-refractivity contribution in [3.63, 3.8) is 0 Å².